The van der Waals surface area contributed by atoms with Crippen molar-refractivity contribution >= 4 is 5.97 Å². The van der Waals surface area contributed by atoms with Gasteiger partial charge in [-0.25, -0.2) is 4.79 Å². The summed E-state index contributed by atoms with van der Waals surface area (Å²) >= 11 is 0. The van der Waals surface area contributed by atoms with Crippen LogP contribution in [-0.2, 0) is 23.1 Å². The number of carboxylic acids is 1. The van der Waals surface area contributed by atoms with E-state index in [1.54, 1.807) is 0 Å². The molecule has 19 heavy (non-hydrogen) atoms. The molecule has 0 saturated carbocycles. The molecule has 1 aromatic heterocycles. The van der Waals surface area contributed by atoms with Gasteiger partial charge in [-0.1, -0.05) is 0 Å². The van der Waals surface area contributed by atoms with E-state index in [9.17, 15) is 9.90 Å². The zero-order valence-electron chi connectivity index (χ0n) is 11.7. The van der Waals surface area contributed by atoms with Crippen molar-refractivity contribution in [1.29, 1.82) is 0 Å². The number of piperidine rings is 1. The van der Waals surface area contributed by atoms with Crippen molar-refractivity contribution in [2.24, 2.45) is 7.05 Å². The van der Waals surface area contributed by atoms with E-state index in [1.165, 1.54) is 7.11 Å². The summed E-state index contributed by atoms with van der Waals surface area (Å²) in [6.45, 7) is 4.23. The molecule has 0 amide bonds. The van der Waals surface area contributed by atoms with Gasteiger partial charge in [-0.15, -0.1) is 0 Å². The van der Waals surface area contributed by atoms with Gasteiger partial charge in [-0.2, -0.15) is 5.10 Å². The van der Waals surface area contributed by atoms with Crippen LogP contribution in [0.5, 0.6) is 0 Å². The van der Waals surface area contributed by atoms with Crippen molar-refractivity contribution in [3.63, 3.8) is 0 Å². The second-order valence-electron chi connectivity index (χ2n) is 5.18. The Morgan fingerprint density at radius 3 is 2.58 bits per heavy atom. The van der Waals surface area contributed by atoms with Crippen molar-refractivity contribution in [1.82, 2.24) is 14.7 Å². The molecule has 1 aliphatic rings. The molecule has 6 nitrogen and oxygen atoms in total. The number of aryl methyl sites for hydroxylation is 2. The largest absolute Gasteiger partial charge is 0.479 e. The van der Waals surface area contributed by atoms with E-state index in [-0.39, 0.29) is 0 Å². The van der Waals surface area contributed by atoms with Crippen LogP contribution in [0.3, 0.4) is 0 Å². The zero-order chi connectivity index (χ0) is 14.0. The van der Waals surface area contributed by atoms with Crippen LogP contribution in [0.1, 0.15) is 24.2 Å². The number of methoxy groups -OCH3 is 1. The van der Waals surface area contributed by atoms with Crippen molar-refractivity contribution in [3.8, 4) is 0 Å². The van der Waals surface area contributed by atoms with Gasteiger partial charge in [0.25, 0.3) is 0 Å². The third kappa shape index (κ3) is 2.79. The molecule has 2 rings (SSSR count). The predicted molar refractivity (Wildman–Crippen MR) is 69.8 cm³/mol. The molecule has 0 spiro atoms. The van der Waals surface area contributed by atoms with Gasteiger partial charge >= 0.3 is 5.97 Å². The Bertz CT molecular complexity index is 462. The number of aliphatic carboxylic acids is 1. The molecule has 0 aliphatic carbocycles. The maximum atomic E-state index is 11.3. The lowest BCUT2D eigenvalue weighted by molar-refractivity contribution is -0.168. The predicted octanol–water partition coefficient (Wildman–Crippen LogP) is 0.794. The molecule has 0 unspecified atom stereocenters. The summed E-state index contributed by atoms with van der Waals surface area (Å²) in [7, 11) is 3.41. The second-order valence-corrected chi connectivity index (χ2v) is 5.18. The molecule has 0 aromatic carbocycles. The highest BCUT2D eigenvalue weighted by molar-refractivity contribution is 5.77. The number of ether oxygens (including phenoxy) is 1. The van der Waals surface area contributed by atoms with Gasteiger partial charge < -0.3 is 9.84 Å². The highest BCUT2D eigenvalue weighted by Crippen LogP contribution is 2.27. The van der Waals surface area contributed by atoms with Crippen LogP contribution < -0.4 is 0 Å². The van der Waals surface area contributed by atoms with Crippen molar-refractivity contribution in [2.75, 3.05) is 20.2 Å². The Kier molecular flexibility index (Phi) is 3.91. The molecular formula is C13H21N3O3. The minimum absolute atomic E-state index is 0.523. The Labute approximate surface area is 113 Å². The van der Waals surface area contributed by atoms with Crippen LogP contribution in [0.2, 0.25) is 0 Å². The average molecular weight is 267 g/mol. The number of nitrogens with zero attached hydrogens (tertiary/aromatic N) is 3. The quantitative estimate of drug-likeness (QED) is 0.873. The summed E-state index contributed by atoms with van der Waals surface area (Å²) < 4.78 is 7.10. The van der Waals surface area contributed by atoms with E-state index in [0.29, 0.717) is 12.8 Å². The van der Waals surface area contributed by atoms with Crippen LogP contribution in [0.4, 0.5) is 0 Å². The Hall–Kier alpha value is -1.40. The van der Waals surface area contributed by atoms with Crippen molar-refractivity contribution < 1.29 is 14.6 Å². The Balaban J connectivity index is 1.97. The van der Waals surface area contributed by atoms with E-state index in [4.69, 9.17) is 4.74 Å². The third-order valence-corrected chi connectivity index (χ3v) is 3.93. The molecule has 1 aliphatic heterocycles. The summed E-state index contributed by atoms with van der Waals surface area (Å²) in [5.41, 5.74) is 1.16. The van der Waals surface area contributed by atoms with Crippen LogP contribution in [-0.4, -0.2) is 51.6 Å². The van der Waals surface area contributed by atoms with Gasteiger partial charge in [0.15, 0.2) is 5.60 Å². The van der Waals surface area contributed by atoms with E-state index < -0.39 is 11.6 Å². The smallest absolute Gasteiger partial charge is 0.336 e. The fourth-order valence-electron chi connectivity index (χ4n) is 2.62. The summed E-state index contributed by atoms with van der Waals surface area (Å²) in [6, 6.07) is 2.06. The Morgan fingerprint density at radius 2 is 2.16 bits per heavy atom. The number of rotatable bonds is 4. The second kappa shape index (κ2) is 5.30. The maximum absolute atomic E-state index is 11.3. The Morgan fingerprint density at radius 1 is 1.53 bits per heavy atom. The molecule has 2 heterocycles. The molecule has 1 N–H and O–H groups in total. The zero-order valence-corrected chi connectivity index (χ0v) is 11.7. The van der Waals surface area contributed by atoms with Gasteiger partial charge in [-0.3, -0.25) is 9.58 Å². The van der Waals surface area contributed by atoms with E-state index in [1.807, 2.05) is 18.7 Å². The topological polar surface area (TPSA) is 67.6 Å². The fourth-order valence-corrected chi connectivity index (χ4v) is 2.62. The summed E-state index contributed by atoms with van der Waals surface area (Å²) in [5.74, 6) is -0.856. The summed E-state index contributed by atoms with van der Waals surface area (Å²) in [6.07, 6.45) is 1.05. The average Bonchev–Trinajstić information content (AvgIpc) is 2.69. The number of aromatic nitrogens is 2. The van der Waals surface area contributed by atoms with Crippen LogP contribution in [0.15, 0.2) is 6.07 Å². The highest BCUT2D eigenvalue weighted by atomic mass is 16.5. The maximum Gasteiger partial charge on any atom is 0.336 e. The number of hydrogen-bond acceptors (Lipinski definition) is 4. The molecule has 0 radical (unpaired) electrons. The van der Waals surface area contributed by atoms with Gasteiger partial charge in [0, 0.05) is 33.8 Å². The molecule has 1 fully saturated rings. The third-order valence-electron chi connectivity index (χ3n) is 3.93. The number of carboxylic acid groups (broad SMARTS) is 1. The first-order valence-corrected chi connectivity index (χ1v) is 6.47. The van der Waals surface area contributed by atoms with Crippen molar-refractivity contribution in [2.45, 2.75) is 31.9 Å². The first kappa shape index (κ1) is 14.0. The molecule has 0 bridgehead atoms. The number of carbonyl (C=O) groups is 1. The monoisotopic (exact) mass is 267 g/mol. The molecule has 106 valence electrons. The SMILES string of the molecule is COC1(C(=O)O)CCN(Cc2cc(C)nn2C)CC1. The summed E-state index contributed by atoms with van der Waals surface area (Å²) in [4.78, 5) is 13.5. The van der Waals surface area contributed by atoms with E-state index in [0.717, 1.165) is 31.0 Å². The van der Waals surface area contributed by atoms with Crippen molar-refractivity contribution in [3.05, 3.63) is 17.5 Å². The van der Waals surface area contributed by atoms with Crippen LogP contribution >= 0.6 is 0 Å². The van der Waals surface area contributed by atoms with E-state index in [2.05, 4.69) is 16.1 Å². The van der Waals surface area contributed by atoms with E-state index >= 15 is 0 Å². The van der Waals surface area contributed by atoms with Gasteiger partial charge in [0.05, 0.1) is 11.4 Å². The molecule has 0 atom stereocenters. The number of likely N-dealkylation sites (tertiary alicyclic amines) is 1. The minimum Gasteiger partial charge on any atom is -0.479 e. The normalized spacial score (nSPS) is 19.5. The van der Waals surface area contributed by atoms with Gasteiger partial charge in [0.2, 0.25) is 0 Å². The molecule has 6 heteroatoms. The fraction of sp³-hybridized carbons (Fsp3) is 0.692. The molecule has 1 saturated heterocycles. The minimum atomic E-state index is -1.00. The molecule has 1 aromatic rings. The lowest BCUT2D eigenvalue weighted by Gasteiger charge is -2.37. The summed E-state index contributed by atoms with van der Waals surface area (Å²) in [5, 5.41) is 13.6. The first-order chi connectivity index (χ1) is 8.97. The standard InChI is InChI=1S/C13H21N3O3/c1-10-8-11(15(2)14-10)9-16-6-4-13(19-3,5-7-16)12(17)18/h8H,4-7,9H2,1-3H3,(H,17,18). The van der Waals surface area contributed by atoms with Gasteiger partial charge in [0.1, 0.15) is 0 Å². The lowest BCUT2D eigenvalue weighted by Crippen LogP contribution is -2.50. The van der Waals surface area contributed by atoms with Gasteiger partial charge in [-0.05, 0) is 25.8 Å². The number of hydrogen-bond donors (Lipinski definition) is 1. The van der Waals surface area contributed by atoms with Crippen LogP contribution in [0.25, 0.3) is 0 Å². The molecular weight excluding hydrogens is 246 g/mol. The lowest BCUT2D eigenvalue weighted by atomic mass is 9.91. The highest BCUT2D eigenvalue weighted by Gasteiger charge is 2.41. The van der Waals surface area contributed by atoms with Crippen LogP contribution in [0, 0.1) is 6.92 Å². The first-order valence-electron chi connectivity index (χ1n) is 6.47.